The van der Waals surface area contributed by atoms with Crippen molar-refractivity contribution in [2.45, 2.75) is 26.7 Å². The van der Waals surface area contributed by atoms with Gasteiger partial charge < -0.3 is 0 Å². The van der Waals surface area contributed by atoms with Crippen LogP contribution in [-0.2, 0) is 0 Å². The molecule has 0 fully saturated rings. The van der Waals surface area contributed by atoms with Crippen LogP contribution in [-0.4, -0.2) is 47.0 Å². The summed E-state index contributed by atoms with van der Waals surface area (Å²) in [7, 11) is 0. The monoisotopic (exact) mass is 564 g/mol. The molecule has 0 aliphatic carbocycles. The lowest BCUT2D eigenvalue weighted by atomic mass is 10.6. The summed E-state index contributed by atoms with van der Waals surface area (Å²) in [5.41, 5.74) is 0. The van der Waals surface area contributed by atoms with E-state index in [0.717, 1.165) is 0 Å². The zero-order valence-electron chi connectivity index (χ0n) is 16.7. The Morgan fingerprint density at radius 1 is 0.500 bits per heavy atom. The van der Waals surface area contributed by atoms with Crippen molar-refractivity contribution in [1.29, 1.82) is 0 Å². The van der Waals surface area contributed by atoms with Gasteiger partial charge in [-0.15, -0.1) is 47.0 Å². The van der Waals surface area contributed by atoms with Crippen LogP contribution in [0.5, 0.6) is 0 Å². The first kappa shape index (κ1) is 27.0. The van der Waals surface area contributed by atoms with E-state index >= 15 is 0 Å². The van der Waals surface area contributed by atoms with Gasteiger partial charge in [-0.05, 0) is 36.9 Å². The van der Waals surface area contributed by atoms with Crippen molar-refractivity contribution in [2.24, 2.45) is 0 Å². The standard InChI is InChI=1S/C18H28S10/c1-5-7-21-13-14(22-8-6-2)26-17(25-13)18-27-15(23-11-9-19-3)16(28-18)24-12-10-20-4/h5-12H2,1-4H3. The largest absolute Gasteiger partial charge is 0.165 e. The maximum atomic E-state index is 2.28. The Bertz CT molecular complexity index is 535. The highest BCUT2D eigenvalue weighted by Crippen LogP contribution is 2.66. The van der Waals surface area contributed by atoms with Crippen LogP contribution in [0.2, 0.25) is 0 Å². The van der Waals surface area contributed by atoms with Crippen LogP contribution in [0, 0.1) is 0 Å². The van der Waals surface area contributed by atoms with Gasteiger partial charge in [-0.2, -0.15) is 23.5 Å². The molecule has 2 heterocycles. The van der Waals surface area contributed by atoms with Crippen molar-refractivity contribution in [3.8, 4) is 0 Å². The average molecular weight is 565 g/mol. The van der Waals surface area contributed by atoms with E-state index in [9.17, 15) is 0 Å². The Morgan fingerprint density at radius 3 is 1.11 bits per heavy atom. The summed E-state index contributed by atoms with van der Waals surface area (Å²) in [4.78, 5) is 0. The first-order chi connectivity index (χ1) is 13.7. The molecule has 0 aromatic heterocycles. The fourth-order valence-corrected chi connectivity index (χ4v) is 15.2. The normalized spacial score (nSPS) is 17.6. The SMILES string of the molecule is CCCSC1=C(SCCC)SC(=C2SC(SCCSC)=C(SCCSC)S2)S1. The van der Waals surface area contributed by atoms with Crippen molar-refractivity contribution < 1.29 is 0 Å². The average Bonchev–Trinajstić information content (AvgIpc) is 3.29. The number of thioether (sulfide) groups is 10. The molecule has 0 nitrogen and oxygen atoms in total. The van der Waals surface area contributed by atoms with Crippen LogP contribution in [0.3, 0.4) is 0 Å². The Morgan fingerprint density at radius 2 is 0.821 bits per heavy atom. The molecule has 160 valence electrons. The fourth-order valence-electron chi connectivity index (χ4n) is 1.89. The molecule has 0 spiro atoms. The smallest absolute Gasteiger partial charge is 0.0717 e. The highest BCUT2D eigenvalue weighted by atomic mass is 32.3. The van der Waals surface area contributed by atoms with Crippen LogP contribution in [0.25, 0.3) is 0 Å². The van der Waals surface area contributed by atoms with Crippen molar-refractivity contribution >= 4 is 118 Å². The maximum absolute atomic E-state index is 2.28. The lowest BCUT2D eigenvalue weighted by molar-refractivity contribution is 1.11. The third-order valence-corrected chi connectivity index (χ3v) is 16.9. The Kier molecular flexibility index (Phi) is 15.7. The third kappa shape index (κ3) is 9.30. The van der Waals surface area contributed by atoms with Gasteiger partial charge in [-0.1, -0.05) is 60.9 Å². The minimum atomic E-state index is 1.22. The van der Waals surface area contributed by atoms with Gasteiger partial charge in [-0.25, -0.2) is 0 Å². The fraction of sp³-hybridized carbons (Fsp3) is 0.667. The van der Waals surface area contributed by atoms with Gasteiger partial charge in [0.25, 0.3) is 0 Å². The first-order valence-electron chi connectivity index (χ1n) is 9.16. The molecule has 0 radical (unpaired) electrons. The summed E-state index contributed by atoms with van der Waals surface area (Å²) in [6.07, 6.45) is 6.90. The second kappa shape index (κ2) is 16.4. The molecule has 10 heteroatoms. The summed E-state index contributed by atoms with van der Waals surface area (Å²) in [6, 6.07) is 0. The zero-order chi connectivity index (χ0) is 20.2. The van der Waals surface area contributed by atoms with Gasteiger partial charge in [-0.3, -0.25) is 0 Å². The second-order valence-electron chi connectivity index (χ2n) is 5.51. The molecule has 28 heavy (non-hydrogen) atoms. The van der Waals surface area contributed by atoms with Crippen LogP contribution in [0.1, 0.15) is 26.7 Å². The molecule has 0 saturated carbocycles. The van der Waals surface area contributed by atoms with E-state index in [4.69, 9.17) is 0 Å². The number of hydrogen-bond acceptors (Lipinski definition) is 10. The molecular weight excluding hydrogens is 537 g/mol. The summed E-state index contributed by atoms with van der Waals surface area (Å²) >= 11 is 20.3. The predicted octanol–water partition coefficient (Wildman–Crippen LogP) is 9.80. The van der Waals surface area contributed by atoms with Crippen LogP contribution in [0.15, 0.2) is 25.4 Å². The van der Waals surface area contributed by atoms with Crippen molar-refractivity contribution in [1.82, 2.24) is 0 Å². The van der Waals surface area contributed by atoms with Crippen LogP contribution in [0.4, 0.5) is 0 Å². The Hall–Kier alpha value is 2.72. The van der Waals surface area contributed by atoms with Gasteiger partial charge in [0.15, 0.2) is 0 Å². The predicted molar refractivity (Wildman–Crippen MR) is 159 cm³/mol. The number of hydrogen-bond donors (Lipinski definition) is 0. The van der Waals surface area contributed by atoms with Crippen LogP contribution < -0.4 is 0 Å². The summed E-state index contributed by atoms with van der Waals surface area (Å²) < 4.78 is 9.24. The maximum Gasteiger partial charge on any atom is 0.0717 e. The van der Waals surface area contributed by atoms with E-state index in [1.54, 1.807) is 16.9 Å². The van der Waals surface area contributed by atoms with Gasteiger partial charge in [0.2, 0.25) is 0 Å². The lowest BCUT2D eigenvalue weighted by Gasteiger charge is -2.03. The summed E-state index contributed by atoms with van der Waals surface area (Å²) in [5, 5.41) is 0. The molecule has 0 atom stereocenters. The minimum Gasteiger partial charge on any atom is -0.165 e. The highest BCUT2D eigenvalue weighted by molar-refractivity contribution is 8.45. The lowest BCUT2D eigenvalue weighted by Crippen LogP contribution is -1.84. The number of rotatable bonds is 14. The van der Waals surface area contributed by atoms with Gasteiger partial charge in [0, 0.05) is 23.0 Å². The second-order valence-corrected chi connectivity index (χ2v) is 17.5. The van der Waals surface area contributed by atoms with E-state index in [1.807, 2.05) is 70.6 Å². The molecule has 0 bridgehead atoms. The Labute approximate surface area is 214 Å². The molecule has 0 unspecified atom stereocenters. The van der Waals surface area contributed by atoms with Crippen molar-refractivity contribution in [3.63, 3.8) is 0 Å². The molecule has 0 saturated heterocycles. The third-order valence-electron chi connectivity index (χ3n) is 3.16. The highest BCUT2D eigenvalue weighted by Gasteiger charge is 2.30. The summed E-state index contributed by atoms with van der Waals surface area (Å²) in [6.45, 7) is 4.56. The van der Waals surface area contributed by atoms with Crippen molar-refractivity contribution in [2.75, 3.05) is 47.0 Å². The first-order valence-corrected chi connectivity index (χ1v) is 19.2. The van der Waals surface area contributed by atoms with Gasteiger partial charge in [0.1, 0.15) is 0 Å². The van der Waals surface area contributed by atoms with E-state index in [2.05, 4.69) is 73.4 Å². The van der Waals surface area contributed by atoms with Crippen molar-refractivity contribution in [3.05, 3.63) is 25.4 Å². The molecule has 2 rings (SSSR count). The zero-order valence-corrected chi connectivity index (χ0v) is 24.9. The Balaban J connectivity index is 2.06. The molecule has 2 aliphatic heterocycles. The minimum absolute atomic E-state index is 1.22. The molecule has 0 aromatic rings. The van der Waals surface area contributed by atoms with E-state index in [1.165, 1.54) is 55.8 Å². The molecule has 0 aromatic carbocycles. The van der Waals surface area contributed by atoms with Gasteiger partial charge in [0.05, 0.1) is 25.4 Å². The van der Waals surface area contributed by atoms with Gasteiger partial charge >= 0.3 is 0 Å². The molecule has 0 N–H and O–H groups in total. The molecule has 0 amide bonds. The van der Waals surface area contributed by atoms with E-state index in [0.29, 0.717) is 0 Å². The quantitative estimate of drug-likeness (QED) is 0.186. The van der Waals surface area contributed by atoms with E-state index in [-0.39, 0.29) is 0 Å². The summed E-state index contributed by atoms with van der Waals surface area (Å²) in [5.74, 6) is 7.35. The van der Waals surface area contributed by atoms with Crippen LogP contribution >= 0.6 is 118 Å². The molecular formula is C18H28S10. The van der Waals surface area contributed by atoms with E-state index < -0.39 is 0 Å². The molecule has 2 aliphatic rings. The topological polar surface area (TPSA) is 0 Å².